The van der Waals surface area contributed by atoms with Crippen molar-refractivity contribution in [1.29, 1.82) is 0 Å². The van der Waals surface area contributed by atoms with E-state index in [4.69, 9.17) is 4.74 Å². The lowest BCUT2D eigenvalue weighted by Crippen LogP contribution is -2.34. The third kappa shape index (κ3) is 3.64. The van der Waals surface area contributed by atoms with Crippen LogP contribution in [0.25, 0.3) is 0 Å². The molecule has 2 rings (SSSR count). The Kier molecular flexibility index (Phi) is 5.37. The number of carboxylic acid groups (broad SMARTS) is 1. The maximum absolute atomic E-state index is 11.4. The molecule has 104 valence electrons. The van der Waals surface area contributed by atoms with Crippen LogP contribution in [0.3, 0.4) is 0 Å². The van der Waals surface area contributed by atoms with E-state index in [-0.39, 0.29) is 5.92 Å². The molecule has 2 aliphatic rings. The lowest BCUT2D eigenvalue weighted by molar-refractivity contribution is -0.142. The van der Waals surface area contributed by atoms with Crippen molar-refractivity contribution in [2.45, 2.75) is 55.9 Å². The zero-order valence-electron chi connectivity index (χ0n) is 11.1. The summed E-state index contributed by atoms with van der Waals surface area (Å²) in [6, 6.07) is 0. The minimum atomic E-state index is -0.589. The Labute approximate surface area is 114 Å². The van der Waals surface area contributed by atoms with Crippen LogP contribution in [0, 0.1) is 11.8 Å². The molecule has 3 atom stereocenters. The van der Waals surface area contributed by atoms with Gasteiger partial charge in [-0.25, -0.2) is 0 Å². The zero-order chi connectivity index (χ0) is 13.0. The molecule has 0 amide bonds. The summed E-state index contributed by atoms with van der Waals surface area (Å²) in [6.07, 6.45) is 6.42. The summed E-state index contributed by atoms with van der Waals surface area (Å²) < 4.78 is 5.38. The summed E-state index contributed by atoms with van der Waals surface area (Å²) in [6.45, 7) is 3.92. The number of hydrogen-bond donors (Lipinski definition) is 1. The van der Waals surface area contributed by atoms with Crippen molar-refractivity contribution >= 4 is 17.7 Å². The van der Waals surface area contributed by atoms with E-state index in [1.54, 1.807) is 0 Å². The number of rotatable bonds is 4. The molecule has 3 nitrogen and oxygen atoms in total. The van der Waals surface area contributed by atoms with E-state index >= 15 is 0 Å². The van der Waals surface area contributed by atoms with Gasteiger partial charge in [-0.1, -0.05) is 13.3 Å². The molecule has 1 heterocycles. The fourth-order valence-corrected chi connectivity index (χ4v) is 4.86. The summed E-state index contributed by atoms with van der Waals surface area (Å²) in [5, 5.41) is 10.3. The monoisotopic (exact) mass is 272 g/mol. The average Bonchev–Trinajstić information content (AvgIpc) is 2.39. The van der Waals surface area contributed by atoms with Gasteiger partial charge in [0, 0.05) is 23.7 Å². The molecule has 3 unspecified atom stereocenters. The Hall–Kier alpha value is -0.220. The SMILES string of the molecule is CCC1CCC(C(=O)O)C(SC2CCOCC2)C1. The number of carboxylic acids is 1. The zero-order valence-corrected chi connectivity index (χ0v) is 12.0. The quantitative estimate of drug-likeness (QED) is 0.854. The number of thioether (sulfide) groups is 1. The van der Waals surface area contributed by atoms with E-state index in [0.29, 0.717) is 10.5 Å². The molecule has 4 heteroatoms. The van der Waals surface area contributed by atoms with Crippen LogP contribution in [-0.4, -0.2) is 34.8 Å². The van der Waals surface area contributed by atoms with Gasteiger partial charge < -0.3 is 9.84 Å². The summed E-state index contributed by atoms with van der Waals surface area (Å²) in [5.74, 6) is 0.0210. The molecule has 0 aromatic rings. The number of hydrogen-bond acceptors (Lipinski definition) is 3. The first-order valence-electron chi connectivity index (χ1n) is 7.16. The van der Waals surface area contributed by atoms with Crippen molar-refractivity contribution in [3.05, 3.63) is 0 Å². The lowest BCUT2D eigenvalue weighted by Gasteiger charge is -2.36. The summed E-state index contributed by atoms with van der Waals surface area (Å²) >= 11 is 1.94. The maximum atomic E-state index is 11.4. The first kappa shape index (κ1) is 14.2. The molecule has 1 N–H and O–H groups in total. The summed E-state index contributed by atoms with van der Waals surface area (Å²) in [7, 11) is 0. The summed E-state index contributed by atoms with van der Waals surface area (Å²) in [5.41, 5.74) is 0. The van der Waals surface area contributed by atoms with Crippen molar-refractivity contribution < 1.29 is 14.6 Å². The second kappa shape index (κ2) is 6.80. The van der Waals surface area contributed by atoms with Crippen molar-refractivity contribution in [3.8, 4) is 0 Å². The predicted molar refractivity (Wildman–Crippen MR) is 74.0 cm³/mol. The number of aliphatic carboxylic acids is 1. The van der Waals surface area contributed by atoms with Crippen LogP contribution < -0.4 is 0 Å². The smallest absolute Gasteiger partial charge is 0.307 e. The molecular formula is C14H24O3S. The third-order valence-electron chi connectivity index (χ3n) is 4.33. The largest absolute Gasteiger partial charge is 0.481 e. The molecule has 18 heavy (non-hydrogen) atoms. The van der Waals surface area contributed by atoms with Crippen LogP contribution in [-0.2, 0) is 9.53 Å². The molecule has 0 bridgehead atoms. The van der Waals surface area contributed by atoms with E-state index in [0.717, 1.165) is 51.2 Å². The molecule has 0 aromatic heterocycles. The first-order valence-corrected chi connectivity index (χ1v) is 8.11. The van der Waals surface area contributed by atoms with Gasteiger partial charge in [0.2, 0.25) is 0 Å². The highest BCUT2D eigenvalue weighted by atomic mass is 32.2. The van der Waals surface area contributed by atoms with Crippen molar-refractivity contribution in [3.63, 3.8) is 0 Å². The predicted octanol–water partition coefficient (Wildman–Crippen LogP) is 3.18. The average molecular weight is 272 g/mol. The molecule has 0 radical (unpaired) electrons. The van der Waals surface area contributed by atoms with Crippen molar-refractivity contribution in [1.82, 2.24) is 0 Å². The number of carbonyl (C=O) groups is 1. The molecule has 1 aliphatic heterocycles. The minimum Gasteiger partial charge on any atom is -0.481 e. The Morgan fingerprint density at radius 3 is 2.61 bits per heavy atom. The molecule has 0 aromatic carbocycles. The molecular weight excluding hydrogens is 248 g/mol. The fourth-order valence-electron chi connectivity index (χ4n) is 3.07. The molecule has 1 saturated carbocycles. The molecule has 1 saturated heterocycles. The van der Waals surface area contributed by atoms with E-state index in [2.05, 4.69) is 6.92 Å². The molecule has 2 fully saturated rings. The lowest BCUT2D eigenvalue weighted by atomic mass is 9.80. The van der Waals surface area contributed by atoms with E-state index < -0.39 is 5.97 Å². The highest BCUT2D eigenvalue weighted by molar-refractivity contribution is 8.00. The molecule has 1 aliphatic carbocycles. The minimum absolute atomic E-state index is 0.124. The van der Waals surface area contributed by atoms with Crippen LogP contribution in [0.1, 0.15) is 45.4 Å². The van der Waals surface area contributed by atoms with Gasteiger partial charge in [0.1, 0.15) is 0 Å². The maximum Gasteiger partial charge on any atom is 0.307 e. The first-order chi connectivity index (χ1) is 8.70. The van der Waals surface area contributed by atoms with Gasteiger partial charge >= 0.3 is 5.97 Å². The van der Waals surface area contributed by atoms with E-state index in [1.807, 2.05) is 11.8 Å². The second-order valence-corrected chi connectivity index (χ2v) is 7.06. The Morgan fingerprint density at radius 1 is 1.28 bits per heavy atom. The Balaban J connectivity index is 1.93. The summed E-state index contributed by atoms with van der Waals surface area (Å²) in [4.78, 5) is 11.4. The van der Waals surface area contributed by atoms with E-state index in [9.17, 15) is 9.90 Å². The Bertz CT molecular complexity index is 276. The third-order valence-corrected chi connectivity index (χ3v) is 6.06. The van der Waals surface area contributed by atoms with Gasteiger partial charge in [-0.05, 0) is 38.0 Å². The van der Waals surface area contributed by atoms with Crippen LogP contribution in [0.2, 0.25) is 0 Å². The van der Waals surface area contributed by atoms with Gasteiger partial charge in [0.05, 0.1) is 5.92 Å². The van der Waals surface area contributed by atoms with Crippen LogP contribution in [0.4, 0.5) is 0 Å². The van der Waals surface area contributed by atoms with Crippen LogP contribution >= 0.6 is 11.8 Å². The van der Waals surface area contributed by atoms with Crippen molar-refractivity contribution in [2.24, 2.45) is 11.8 Å². The van der Waals surface area contributed by atoms with Crippen molar-refractivity contribution in [2.75, 3.05) is 13.2 Å². The standard InChI is InChI=1S/C14H24O3S/c1-2-10-3-4-12(14(15)16)13(9-10)18-11-5-7-17-8-6-11/h10-13H,2-9H2,1H3,(H,15,16). The fraction of sp³-hybridized carbons (Fsp3) is 0.929. The molecule has 0 spiro atoms. The second-order valence-electron chi connectivity index (χ2n) is 5.52. The Morgan fingerprint density at radius 2 is 2.00 bits per heavy atom. The van der Waals surface area contributed by atoms with Gasteiger partial charge in [-0.15, -0.1) is 0 Å². The van der Waals surface area contributed by atoms with E-state index in [1.165, 1.54) is 6.42 Å². The number of ether oxygens (including phenoxy) is 1. The highest BCUT2D eigenvalue weighted by Gasteiger charge is 2.36. The highest BCUT2D eigenvalue weighted by Crippen LogP contribution is 2.41. The normalized spacial score (nSPS) is 34.4. The van der Waals surface area contributed by atoms with Gasteiger partial charge in [-0.3, -0.25) is 4.79 Å². The van der Waals surface area contributed by atoms with Gasteiger partial charge in [-0.2, -0.15) is 11.8 Å². The van der Waals surface area contributed by atoms with Crippen LogP contribution in [0.5, 0.6) is 0 Å². The van der Waals surface area contributed by atoms with Gasteiger partial charge in [0.25, 0.3) is 0 Å². The topological polar surface area (TPSA) is 46.5 Å². The van der Waals surface area contributed by atoms with Gasteiger partial charge in [0.15, 0.2) is 0 Å². The van der Waals surface area contributed by atoms with Crippen LogP contribution in [0.15, 0.2) is 0 Å².